The molecule has 0 unspecified atom stereocenters. The molecule has 1 aromatic heterocycles. The van der Waals surface area contributed by atoms with Crippen LogP contribution >= 0.6 is 0 Å². The molecule has 0 fully saturated rings. The number of nitrogens with zero attached hydrogens (tertiary/aromatic N) is 1. The molecule has 1 amide bonds. The molecule has 3 heteroatoms. The minimum atomic E-state index is -0.110. The third-order valence-electron chi connectivity index (χ3n) is 1.68. The van der Waals surface area contributed by atoms with E-state index in [4.69, 9.17) is 0 Å². The van der Waals surface area contributed by atoms with E-state index in [9.17, 15) is 4.79 Å². The van der Waals surface area contributed by atoms with E-state index in [2.05, 4.69) is 10.3 Å². The molecule has 1 heterocycles. The van der Waals surface area contributed by atoms with Crippen LogP contribution in [0, 0.1) is 6.92 Å². The van der Waals surface area contributed by atoms with E-state index >= 15 is 0 Å². The molecule has 14 heavy (non-hydrogen) atoms. The van der Waals surface area contributed by atoms with Crippen LogP contribution in [0.2, 0.25) is 0 Å². The summed E-state index contributed by atoms with van der Waals surface area (Å²) >= 11 is 0. The molecule has 0 saturated heterocycles. The molecule has 0 aliphatic carbocycles. The van der Waals surface area contributed by atoms with Gasteiger partial charge in [-0.2, -0.15) is 0 Å². The number of aromatic nitrogens is 1. The van der Waals surface area contributed by atoms with Crippen molar-refractivity contribution < 1.29 is 4.79 Å². The van der Waals surface area contributed by atoms with Gasteiger partial charge in [-0.1, -0.05) is 5.57 Å². The fourth-order valence-electron chi connectivity index (χ4n) is 1.05. The molecule has 0 aliphatic heterocycles. The normalized spacial score (nSPS) is 9.36. The number of pyridine rings is 1. The molecule has 1 aromatic rings. The van der Waals surface area contributed by atoms with E-state index in [0.717, 1.165) is 17.0 Å². The van der Waals surface area contributed by atoms with Crippen LogP contribution in [0.4, 0.5) is 5.69 Å². The standard InChI is InChI=1S/C11H14N2O/c1-8(2)7-11(14)13-10-5-4-6-12-9(10)3/h4-7H,1-3H3,(H,13,14). The average molecular weight is 190 g/mol. The van der Waals surface area contributed by atoms with Gasteiger partial charge in [0, 0.05) is 12.3 Å². The summed E-state index contributed by atoms with van der Waals surface area (Å²) in [5, 5.41) is 2.76. The van der Waals surface area contributed by atoms with Gasteiger partial charge in [0.05, 0.1) is 11.4 Å². The number of hydrogen-bond donors (Lipinski definition) is 1. The van der Waals surface area contributed by atoms with Crippen molar-refractivity contribution in [2.75, 3.05) is 5.32 Å². The van der Waals surface area contributed by atoms with E-state index in [-0.39, 0.29) is 5.91 Å². The first kappa shape index (κ1) is 10.4. The SMILES string of the molecule is CC(C)=CC(=O)Nc1cccnc1C. The summed E-state index contributed by atoms with van der Waals surface area (Å²) in [5.41, 5.74) is 2.56. The number of rotatable bonds is 2. The van der Waals surface area contributed by atoms with Crippen molar-refractivity contribution in [2.45, 2.75) is 20.8 Å². The van der Waals surface area contributed by atoms with Gasteiger partial charge in [-0.25, -0.2) is 0 Å². The van der Waals surface area contributed by atoms with E-state index in [1.165, 1.54) is 0 Å². The molecule has 0 aromatic carbocycles. The third kappa shape index (κ3) is 3.01. The highest BCUT2D eigenvalue weighted by molar-refractivity contribution is 5.99. The molecule has 3 nitrogen and oxygen atoms in total. The first-order valence-corrected chi connectivity index (χ1v) is 4.47. The maximum atomic E-state index is 11.4. The zero-order chi connectivity index (χ0) is 10.6. The first-order valence-electron chi connectivity index (χ1n) is 4.47. The van der Waals surface area contributed by atoms with Crippen LogP contribution < -0.4 is 5.32 Å². The minimum absolute atomic E-state index is 0.110. The Morgan fingerprint density at radius 1 is 1.50 bits per heavy atom. The van der Waals surface area contributed by atoms with Gasteiger partial charge in [0.15, 0.2) is 0 Å². The van der Waals surface area contributed by atoms with Crippen LogP contribution in [0.25, 0.3) is 0 Å². The topological polar surface area (TPSA) is 42.0 Å². The van der Waals surface area contributed by atoms with E-state index < -0.39 is 0 Å². The summed E-state index contributed by atoms with van der Waals surface area (Å²) in [5.74, 6) is -0.110. The van der Waals surface area contributed by atoms with Gasteiger partial charge >= 0.3 is 0 Å². The Labute approximate surface area is 83.9 Å². The number of carbonyl (C=O) groups excluding carboxylic acids is 1. The zero-order valence-electron chi connectivity index (χ0n) is 8.66. The van der Waals surface area contributed by atoms with Crippen molar-refractivity contribution in [3.05, 3.63) is 35.7 Å². The third-order valence-corrected chi connectivity index (χ3v) is 1.68. The molecule has 74 valence electrons. The Morgan fingerprint density at radius 3 is 2.79 bits per heavy atom. The number of allylic oxidation sites excluding steroid dienone is 1. The van der Waals surface area contributed by atoms with Crippen molar-refractivity contribution in [1.82, 2.24) is 4.98 Å². The van der Waals surface area contributed by atoms with Crippen molar-refractivity contribution in [2.24, 2.45) is 0 Å². The Hall–Kier alpha value is -1.64. The van der Waals surface area contributed by atoms with Crippen LogP contribution in [-0.4, -0.2) is 10.9 Å². The number of hydrogen-bond acceptors (Lipinski definition) is 2. The quantitative estimate of drug-likeness (QED) is 0.727. The molecule has 0 spiro atoms. The Kier molecular flexibility index (Phi) is 3.40. The van der Waals surface area contributed by atoms with Crippen LogP contribution in [0.15, 0.2) is 30.0 Å². The lowest BCUT2D eigenvalue weighted by Crippen LogP contribution is -2.09. The van der Waals surface area contributed by atoms with Gasteiger partial charge in [-0.15, -0.1) is 0 Å². The van der Waals surface area contributed by atoms with E-state index in [1.807, 2.05) is 26.8 Å². The Morgan fingerprint density at radius 2 is 2.21 bits per heavy atom. The summed E-state index contributed by atoms with van der Waals surface area (Å²) in [4.78, 5) is 15.4. The second kappa shape index (κ2) is 4.56. The largest absolute Gasteiger partial charge is 0.321 e. The Bertz CT molecular complexity index is 365. The fraction of sp³-hybridized carbons (Fsp3) is 0.273. The van der Waals surface area contributed by atoms with Crippen molar-refractivity contribution in [1.29, 1.82) is 0 Å². The van der Waals surface area contributed by atoms with Crippen LogP contribution in [0.3, 0.4) is 0 Å². The molecule has 0 aliphatic rings. The summed E-state index contributed by atoms with van der Waals surface area (Å²) in [6.45, 7) is 5.63. The van der Waals surface area contributed by atoms with Crippen molar-refractivity contribution in [3.8, 4) is 0 Å². The predicted octanol–water partition coefficient (Wildman–Crippen LogP) is 2.29. The number of nitrogens with one attached hydrogen (secondary N) is 1. The first-order chi connectivity index (χ1) is 6.59. The highest BCUT2D eigenvalue weighted by Gasteiger charge is 2.00. The number of aryl methyl sites for hydroxylation is 1. The number of carbonyl (C=O) groups is 1. The maximum Gasteiger partial charge on any atom is 0.248 e. The Balaban J connectivity index is 2.75. The van der Waals surface area contributed by atoms with E-state index in [1.54, 1.807) is 18.3 Å². The fourth-order valence-corrected chi connectivity index (χ4v) is 1.05. The lowest BCUT2D eigenvalue weighted by Gasteiger charge is -2.04. The molecular weight excluding hydrogens is 176 g/mol. The average Bonchev–Trinajstić information content (AvgIpc) is 2.07. The van der Waals surface area contributed by atoms with Gasteiger partial charge in [-0.05, 0) is 32.9 Å². The van der Waals surface area contributed by atoms with Gasteiger partial charge < -0.3 is 5.32 Å². The lowest BCUT2D eigenvalue weighted by molar-refractivity contribution is -0.111. The van der Waals surface area contributed by atoms with Crippen molar-refractivity contribution >= 4 is 11.6 Å². The van der Waals surface area contributed by atoms with Gasteiger partial charge in [0.25, 0.3) is 0 Å². The molecule has 0 saturated carbocycles. The van der Waals surface area contributed by atoms with E-state index in [0.29, 0.717) is 0 Å². The summed E-state index contributed by atoms with van der Waals surface area (Å²) in [6.07, 6.45) is 3.26. The molecular formula is C11H14N2O. The van der Waals surface area contributed by atoms with Crippen LogP contribution in [-0.2, 0) is 4.79 Å². The second-order valence-corrected chi connectivity index (χ2v) is 3.35. The minimum Gasteiger partial charge on any atom is -0.321 e. The molecule has 0 bridgehead atoms. The van der Waals surface area contributed by atoms with Gasteiger partial charge in [-0.3, -0.25) is 9.78 Å². The van der Waals surface area contributed by atoms with Crippen LogP contribution in [0.5, 0.6) is 0 Å². The lowest BCUT2D eigenvalue weighted by atomic mass is 10.3. The summed E-state index contributed by atoms with van der Waals surface area (Å²) < 4.78 is 0. The second-order valence-electron chi connectivity index (χ2n) is 3.35. The summed E-state index contributed by atoms with van der Waals surface area (Å²) in [7, 11) is 0. The number of amides is 1. The maximum absolute atomic E-state index is 11.4. The molecule has 1 rings (SSSR count). The van der Waals surface area contributed by atoms with Gasteiger partial charge in [0.2, 0.25) is 5.91 Å². The smallest absolute Gasteiger partial charge is 0.248 e. The number of anilines is 1. The van der Waals surface area contributed by atoms with Crippen LogP contribution in [0.1, 0.15) is 19.5 Å². The summed E-state index contributed by atoms with van der Waals surface area (Å²) in [6, 6.07) is 3.63. The predicted molar refractivity (Wildman–Crippen MR) is 57.0 cm³/mol. The highest BCUT2D eigenvalue weighted by Crippen LogP contribution is 2.10. The zero-order valence-corrected chi connectivity index (χ0v) is 8.66. The molecule has 0 atom stereocenters. The molecule has 1 N–H and O–H groups in total. The van der Waals surface area contributed by atoms with Crippen molar-refractivity contribution in [3.63, 3.8) is 0 Å². The highest BCUT2D eigenvalue weighted by atomic mass is 16.1. The monoisotopic (exact) mass is 190 g/mol. The van der Waals surface area contributed by atoms with Gasteiger partial charge in [0.1, 0.15) is 0 Å². The molecule has 0 radical (unpaired) electrons.